The summed E-state index contributed by atoms with van der Waals surface area (Å²) in [4.78, 5) is 11.8. The minimum absolute atomic E-state index is 0.346. The summed E-state index contributed by atoms with van der Waals surface area (Å²) in [7, 11) is 1.34. The first-order chi connectivity index (χ1) is 15.6. The second-order valence-electron chi connectivity index (χ2n) is 7.14. The minimum Gasteiger partial charge on any atom is -0.465 e. The molecule has 2 aromatic carbocycles. The molecule has 0 aliphatic heterocycles. The van der Waals surface area contributed by atoms with E-state index in [0.29, 0.717) is 45.9 Å². The van der Waals surface area contributed by atoms with E-state index in [1.807, 2.05) is 22.8 Å². The van der Waals surface area contributed by atoms with Crippen LogP contribution in [-0.4, -0.2) is 27.8 Å². The third kappa shape index (κ3) is 4.75. The third-order valence-corrected chi connectivity index (χ3v) is 6.01. The summed E-state index contributed by atoms with van der Waals surface area (Å²) in [6.45, 7) is 2.31. The van der Waals surface area contributed by atoms with Gasteiger partial charge in [-0.25, -0.2) is 9.18 Å². The fourth-order valence-corrected chi connectivity index (χ4v) is 4.23. The average Bonchev–Trinajstić information content (AvgIpc) is 3.39. The van der Waals surface area contributed by atoms with Crippen molar-refractivity contribution < 1.29 is 18.3 Å². The van der Waals surface area contributed by atoms with Gasteiger partial charge in [-0.15, -0.1) is 10.2 Å². The van der Waals surface area contributed by atoms with E-state index in [0.717, 1.165) is 6.42 Å². The van der Waals surface area contributed by atoms with Gasteiger partial charge < -0.3 is 13.7 Å². The lowest BCUT2D eigenvalue weighted by Gasteiger charge is -2.10. The highest BCUT2D eigenvalue weighted by atomic mass is 32.2. The first-order valence-electron chi connectivity index (χ1n) is 10.1. The summed E-state index contributed by atoms with van der Waals surface area (Å²) in [6, 6.07) is 18.3. The molecule has 2 aromatic heterocycles. The number of aryl methyl sites for hydroxylation is 2. The lowest BCUT2D eigenvalue weighted by atomic mass is 10.1. The molecular formula is C24H22FN3O3S. The molecule has 8 heteroatoms. The Morgan fingerprint density at radius 1 is 1.12 bits per heavy atom. The van der Waals surface area contributed by atoms with Gasteiger partial charge in [-0.05, 0) is 37.1 Å². The quantitative estimate of drug-likeness (QED) is 0.267. The van der Waals surface area contributed by atoms with Gasteiger partial charge in [0.25, 0.3) is 0 Å². The van der Waals surface area contributed by atoms with Gasteiger partial charge in [0.05, 0.1) is 18.4 Å². The maximum Gasteiger partial charge on any atom is 0.341 e. The number of nitrogens with zero attached hydrogens (tertiary/aromatic N) is 3. The van der Waals surface area contributed by atoms with Crippen LogP contribution in [-0.2, 0) is 23.5 Å². The number of hydrogen-bond acceptors (Lipinski definition) is 6. The Morgan fingerprint density at radius 2 is 1.88 bits per heavy atom. The van der Waals surface area contributed by atoms with Gasteiger partial charge in [0.15, 0.2) is 11.0 Å². The SMILES string of the molecule is COC(=O)c1cc(CSc2nnc(-c3ccccc3F)n2CCc2ccccc2)oc1C. The van der Waals surface area contributed by atoms with E-state index >= 15 is 0 Å². The number of methoxy groups -OCH3 is 1. The Morgan fingerprint density at radius 3 is 2.62 bits per heavy atom. The average molecular weight is 452 g/mol. The van der Waals surface area contributed by atoms with Crippen molar-refractivity contribution in [2.75, 3.05) is 7.11 Å². The van der Waals surface area contributed by atoms with E-state index in [1.165, 1.54) is 30.5 Å². The van der Waals surface area contributed by atoms with Crippen LogP contribution in [0.1, 0.15) is 27.4 Å². The number of hydrogen-bond donors (Lipinski definition) is 0. The monoisotopic (exact) mass is 451 g/mol. The number of esters is 1. The van der Waals surface area contributed by atoms with Gasteiger partial charge in [0.2, 0.25) is 0 Å². The Bertz CT molecular complexity index is 1220. The van der Waals surface area contributed by atoms with Gasteiger partial charge >= 0.3 is 5.97 Å². The number of halogens is 1. The van der Waals surface area contributed by atoms with Crippen LogP contribution in [0.25, 0.3) is 11.4 Å². The van der Waals surface area contributed by atoms with Crippen LogP contribution in [0.2, 0.25) is 0 Å². The molecule has 2 heterocycles. The molecule has 0 unspecified atom stereocenters. The van der Waals surface area contributed by atoms with Crippen molar-refractivity contribution in [1.82, 2.24) is 14.8 Å². The van der Waals surface area contributed by atoms with Crippen molar-refractivity contribution >= 4 is 17.7 Å². The summed E-state index contributed by atoms with van der Waals surface area (Å²) in [5.41, 5.74) is 1.98. The van der Waals surface area contributed by atoms with Crippen LogP contribution in [0.3, 0.4) is 0 Å². The number of furan rings is 1. The predicted molar refractivity (Wildman–Crippen MR) is 120 cm³/mol. The summed E-state index contributed by atoms with van der Waals surface area (Å²) in [5, 5.41) is 9.25. The van der Waals surface area contributed by atoms with E-state index in [4.69, 9.17) is 9.15 Å². The van der Waals surface area contributed by atoms with Gasteiger partial charge in [-0.3, -0.25) is 0 Å². The summed E-state index contributed by atoms with van der Waals surface area (Å²) >= 11 is 1.42. The Balaban J connectivity index is 1.60. The maximum atomic E-state index is 14.5. The first kappa shape index (κ1) is 21.8. The van der Waals surface area contributed by atoms with E-state index in [1.54, 1.807) is 31.2 Å². The zero-order valence-electron chi connectivity index (χ0n) is 17.7. The number of carbonyl (C=O) groups is 1. The second kappa shape index (κ2) is 9.82. The number of aromatic nitrogens is 3. The molecule has 0 N–H and O–H groups in total. The Kier molecular flexibility index (Phi) is 6.70. The molecular weight excluding hydrogens is 429 g/mol. The van der Waals surface area contributed by atoms with E-state index in [2.05, 4.69) is 22.3 Å². The molecule has 0 fully saturated rings. The molecule has 32 heavy (non-hydrogen) atoms. The lowest BCUT2D eigenvalue weighted by molar-refractivity contribution is 0.0599. The van der Waals surface area contributed by atoms with E-state index in [9.17, 15) is 9.18 Å². The van der Waals surface area contributed by atoms with Crippen molar-refractivity contribution in [2.45, 2.75) is 30.8 Å². The topological polar surface area (TPSA) is 70.2 Å². The number of ether oxygens (including phenoxy) is 1. The van der Waals surface area contributed by atoms with Gasteiger partial charge in [-0.1, -0.05) is 54.2 Å². The molecule has 0 saturated carbocycles. The predicted octanol–water partition coefficient (Wildman–Crippen LogP) is 5.31. The van der Waals surface area contributed by atoms with Crippen molar-refractivity contribution in [3.05, 3.63) is 89.1 Å². The van der Waals surface area contributed by atoms with Crippen LogP contribution < -0.4 is 0 Å². The number of thioether (sulfide) groups is 1. The normalized spacial score (nSPS) is 11.0. The van der Waals surface area contributed by atoms with Crippen LogP contribution in [0, 0.1) is 12.7 Å². The molecule has 4 rings (SSSR count). The fourth-order valence-electron chi connectivity index (χ4n) is 3.39. The van der Waals surface area contributed by atoms with Gasteiger partial charge in [0.1, 0.15) is 22.9 Å². The number of benzene rings is 2. The molecule has 164 valence electrons. The largest absolute Gasteiger partial charge is 0.465 e. The van der Waals surface area contributed by atoms with Crippen molar-refractivity contribution in [3.8, 4) is 11.4 Å². The van der Waals surface area contributed by atoms with Crippen LogP contribution in [0.5, 0.6) is 0 Å². The molecule has 6 nitrogen and oxygen atoms in total. The smallest absolute Gasteiger partial charge is 0.341 e. The highest BCUT2D eigenvalue weighted by Gasteiger charge is 2.19. The zero-order valence-corrected chi connectivity index (χ0v) is 18.6. The molecule has 0 atom stereocenters. The Hall–Kier alpha value is -3.39. The lowest BCUT2D eigenvalue weighted by Crippen LogP contribution is -2.06. The molecule has 0 bridgehead atoms. The summed E-state index contributed by atoms with van der Waals surface area (Å²) < 4.78 is 26.9. The van der Waals surface area contributed by atoms with Gasteiger partial charge in [0, 0.05) is 6.54 Å². The molecule has 0 radical (unpaired) electrons. The summed E-state index contributed by atoms with van der Waals surface area (Å²) in [6.07, 6.45) is 0.750. The third-order valence-electron chi connectivity index (χ3n) is 5.02. The maximum absolute atomic E-state index is 14.5. The van der Waals surface area contributed by atoms with Crippen LogP contribution in [0.4, 0.5) is 4.39 Å². The summed E-state index contributed by atoms with van der Waals surface area (Å²) in [5.74, 6) is 1.27. The zero-order chi connectivity index (χ0) is 22.5. The van der Waals surface area contributed by atoms with Crippen LogP contribution in [0.15, 0.2) is 70.2 Å². The van der Waals surface area contributed by atoms with E-state index < -0.39 is 5.97 Å². The second-order valence-corrected chi connectivity index (χ2v) is 8.08. The highest BCUT2D eigenvalue weighted by Crippen LogP contribution is 2.29. The molecule has 0 aliphatic carbocycles. The van der Waals surface area contributed by atoms with E-state index in [-0.39, 0.29) is 5.82 Å². The molecule has 0 saturated heterocycles. The van der Waals surface area contributed by atoms with Crippen molar-refractivity contribution in [1.29, 1.82) is 0 Å². The molecule has 0 amide bonds. The van der Waals surface area contributed by atoms with Gasteiger partial charge in [-0.2, -0.15) is 0 Å². The molecule has 0 spiro atoms. The van der Waals surface area contributed by atoms with Crippen molar-refractivity contribution in [3.63, 3.8) is 0 Å². The standard InChI is InChI=1S/C24H22FN3O3S/c1-16-20(23(29)30-2)14-18(31-16)15-32-24-27-26-22(19-10-6-7-11-21(19)25)28(24)13-12-17-8-4-3-5-9-17/h3-11,14H,12-13,15H2,1-2H3. The van der Waals surface area contributed by atoms with Crippen LogP contribution >= 0.6 is 11.8 Å². The first-order valence-corrected chi connectivity index (χ1v) is 11.1. The number of carbonyl (C=O) groups excluding carboxylic acids is 1. The minimum atomic E-state index is -0.435. The molecule has 0 aliphatic rings. The van der Waals surface area contributed by atoms with Crippen molar-refractivity contribution in [2.24, 2.45) is 0 Å². The molecule has 4 aromatic rings. The fraction of sp³-hybridized carbons (Fsp3) is 0.208. The Labute approximate surface area is 189 Å². The highest BCUT2D eigenvalue weighted by molar-refractivity contribution is 7.98. The number of rotatable bonds is 8.